The number of imidazole rings is 1. The summed E-state index contributed by atoms with van der Waals surface area (Å²) in [5, 5.41) is 3.62. The van der Waals surface area contributed by atoms with Crippen LogP contribution in [0.5, 0.6) is 0 Å². The summed E-state index contributed by atoms with van der Waals surface area (Å²) in [6.07, 6.45) is 0.349. The number of rotatable bonds is 3. The maximum Gasteiger partial charge on any atom is 0.504 e. The SMILES string of the molecule is O=c1nc2n(Cc3ccc(Cl)nc3)cccc-2n1-c1cnn(C(F)(F)F)c1. The molecule has 0 saturated heterocycles. The zero-order chi connectivity index (χ0) is 19.2. The highest BCUT2D eigenvalue weighted by atomic mass is 35.5. The summed E-state index contributed by atoms with van der Waals surface area (Å²) < 4.78 is 40.9. The number of pyridine rings is 2. The molecule has 27 heavy (non-hydrogen) atoms. The average Bonchev–Trinajstić information content (AvgIpc) is 3.21. The Morgan fingerprint density at radius 1 is 1.15 bits per heavy atom. The van der Waals surface area contributed by atoms with Crippen molar-refractivity contribution in [2.24, 2.45) is 0 Å². The van der Waals surface area contributed by atoms with Crippen molar-refractivity contribution in [2.75, 3.05) is 0 Å². The van der Waals surface area contributed by atoms with E-state index in [0.717, 1.165) is 22.5 Å². The second kappa shape index (κ2) is 6.23. The standard InChI is InChI=1S/C16H10ClF3N6O/c17-13-4-3-10(6-21-13)8-24-5-1-2-12-14(24)23-15(27)26(12)11-7-22-25(9-11)16(18,19)20/h1-7,9H,8H2. The Labute approximate surface area is 154 Å². The van der Waals surface area contributed by atoms with Gasteiger partial charge in [0.15, 0.2) is 5.82 Å². The molecule has 0 atom stereocenters. The molecule has 2 aliphatic heterocycles. The van der Waals surface area contributed by atoms with Gasteiger partial charge in [0.1, 0.15) is 5.15 Å². The van der Waals surface area contributed by atoms with Crippen LogP contribution in [0.4, 0.5) is 13.2 Å². The highest BCUT2D eigenvalue weighted by Crippen LogP contribution is 2.25. The van der Waals surface area contributed by atoms with Crippen molar-refractivity contribution in [1.29, 1.82) is 0 Å². The lowest BCUT2D eigenvalue weighted by Gasteiger charge is -2.12. The number of hydrogen-bond acceptors (Lipinski definition) is 4. The van der Waals surface area contributed by atoms with Crippen LogP contribution in [0.2, 0.25) is 5.15 Å². The maximum atomic E-state index is 12.8. The molecule has 4 rings (SSSR count). The first kappa shape index (κ1) is 17.3. The van der Waals surface area contributed by atoms with E-state index in [2.05, 4.69) is 15.1 Å². The van der Waals surface area contributed by atoms with Crippen LogP contribution in [0, 0.1) is 0 Å². The van der Waals surface area contributed by atoms with E-state index >= 15 is 0 Å². The summed E-state index contributed by atoms with van der Waals surface area (Å²) >= 11 is 5.77. The molecule has 0 saturated carbocycles. The predicted molar refractivity (Wildman–Crippen MR) is 89.9 cm³/mol. The van der Waals surface area contributed by atoms with Crippen molar-refractivity contribution in [3.8, 4) is 17.2 Å². The molecule has 2 aromatic rings. The van der Waals surface area contributed by atoms with E-state index in [1.165, 1.54) is 0 Å². The molecule has 0 spiro atoms. The molecule has 11 heteroatoms. The zero-order valence-corrected chi connectivity index (χ0v) is 14.2. The van der Waals surface area contributed by atoms with E-state index in [1.807, 2.05) is 0 Å². The fourth-order valence-electron chi connectivity index (χ4n) is 2.71. The first-order valence-electron chi connectivity index (χ1n) is 7.63. The third kappa shape index (κ3) is 3.19. The molecule has 0 aliphatic carbocycles. The molecule has 4 heterocycles. The maximum absolute atomic E-state index is 12.8. The van der Waals surface area contributed by atoms with Crippen molar-refractivity contribution in [2.45, 2.75) is 12.8 Å². The van der Waals surface area contributed by atoms with Crippen LogP contribution in [-0.4, -0.2) is 28.9 Å². The summed E-state index contributed by atoms with van der Waals surface area (Å²) in [7, 11) is 0. The van der Waals surface area contributed by atoms with Crippen LogP contribution in [-0.2, 0) is 12.8 Å². The molecule has 2 aromatic heterocycles. The van der Waals surface area contributed by atoms with Crippen LogP contribution in [0.3, 0.4) is 0 Å². The van der Waals surface area contributed by atoms with Crippen molar-refractivity contribution in [1.82, 2.24) is 28.9 Å². The van der Waals surface area contributed by atoms with Crippen molar-refractivity contribution < 1.29 is 13.2 Å². The number of alkyl halides is 3. The fourth-order valence-corrected chi connectivity index (χ4v) is 2.82. The van der Waals surface area contributed by atoms with Gasteiger partial charge in [-0.05, 0) is 23.8 Å². The second-order valence-corrected chi connectivity index (χ2v) is 6.06. The minimum Gasteiger partial charge on any atom is -0.327 e. The van der Waals surface area contributed by atoms with E-state index in [1.54, 1.807) is 41.2 Å². The third-order valence-corrected chi connectivity index (χ3v) is 4.11. The van der Waals surface area contributed by atoms with Crippen molar-refractivity contribution in [3.05, 3.63) is 70.3 Å². The van der Waals surface area contributed by atoms with E-state index in [4.69, 9.17) is 11.6 Å². The minimum atomic E-state index is -4.67. The molecule has 0 unspecified atom stereocenters. The molecule has 0 radical (unpaired) electrons. The third-order valence-electron chi connectivity index (χ3n) is 3.88. The van der Waals surface area contributed by atoms with Gasteiger partial charge in [-0.2, -0.15) is 14.8 Å². The lowest BCUT2D eigenvalue weighted by molar-refractivity contribution is -0.212. The molecule has 2 aliphatic rings. The topological polar surface area (TPSA) is 70.5 Å². The molecule has 0 bridgehead atoms. The van der Waals surface area contributed by atoms with E-state index < -0.39 is 12.0 Å². The number of halogens is 4. The van der Waals surface area contributed by atoms with Gasteiger partial charge in [0.05, 0.1) is 30.3 Å². The van der Waals surface area contributed by atoms with Gasteiger partial charge >= 0.3 is 12.0 Å². The lowest BCUT2D eigenvalue weighted by atomic mass is 10.2. The number of aromatic nitrogens is 6. The molecule has 0 aromatic carbocycles. The van der Waals surface area contributed by atoms with Crippen LogP contribution in [0.25, 0.3) is 17.2 Å². The average molecular weight is 395 g/mol. The quantitative estimate of drug-likeness (QED) is 0.501. The Kier molecular flexibility index (Phi) is 3.99. The van der Waals surface area contributed by atoms with Gasteiger partial charge in [-0.1, -0.05) is 17.7 Å². The number of hydrogen-bond donors (Lipinski definition) is 0. The van der Waals surface area contributed by atoms with Gasteiger partial charge in [-0.15, -0.1) is 13.2 Å². The normalized spacial score (nSPS) is 12.0. The highest BCUT2D eigenvalue weighted by molar-refractivity contribution is 6.29. The summed E-state index contributed by atoms with van der Waals surface area (Å²) in [5.74, 6) is 0.331. The summed E-state index contributed by atoms with van der Waals surface area (Å²) in [6, 6.07) is 6.70. The van der Waals surface area contributed by atoms with E-state index in [-0.39, 0.29) is 10.4 Å². The first-order valence-corrected chi connectivity index (χ1v) is 8.01. The first-order chi connectivity index (χ1) is 12.8. The molecule has 0 N–H and O–H groups in total. The zero-order valence-electron chi connectivity index (χ0n) is 13.4. The molecular weight excluding hydrogens is 385 g/mol. The summed E-state index contributed by atoms with van der Waals surface area (Å²) in [5.41, 5.74) is 0.474. The summed E-state index contributed by atoms with van der Waals surface area (Å²) in [6.45, 7) is 0.361. The number of nitrogens with zero attached hydrogens (tertiary/aromatic N) is 6. The van der Waals surface area contributed by atoms with E-state index in [9.17, 15) is 18.0 Å². The Morgan fingerprint density at radius 3 is 2.63 bits per heavy atom. The predicted octanol–water partition coefficient (Wildman–Crippen LogP) is 2.91. The Hall–Kier alpha value is -3.14. The summed E-state index contributed by atoms with van der Waals surface area (Å²) in [4.78, 5) is 20.3. The van der Waals surface area contributed by atoms with Gasteiger partial charge in [-0.25, -0.2) is 9.78 Å². The van der Waals surface area contributed by atoms with Crippen LogP contribution in [0.1, 0.15) is 5.56 Å². The lowest BCUT2D eigenvalue weighted by Crippen LogP contribution is -2.17. The van der Waals surface area contributed by atoms with Crippen molar-refractivity contribution in [3.63, 3.8) is 0 Å². The minimum absolute atomic E-state index is 0.0225. The van der Waals surface area contributed by atoms with Gasteiger partial charge in [0.25, 0.3) is 0 Å². The highest BCUT2D eigenvalue weighted by Gasteiger charge is 2.32. The smallest absolute Gasteiger partial charge is 0.327 e. The Bertz CT molecular complexity index is 1130. The van der Waals surface area contributed by atoms with Crippen molar-refractivity contribution >= 4 is 11.6 Å². The molecule has 7 nitrogen and oxygen atoms in total. The van der Waals surface area contributed by atoms with Crippen LogP contribution < -0.4 is 5.69 Å². The Balaban J connectivity index is 1.75. The monoisotopic (exact) mass is 394 g/mol. The van der Waals surface area contributed by atoms with Crippen LogP contribution in [0.15, 0.2) is 53.8 Å². The molecule has 0 amide bonds. The van der Waals surface area contributed by atoms with Gasteiger partial charge in [0, 0.05) is 12.4 Å². The Morgan fingerprint density at radius 2 is 1.96 bits per heavy atom. The fraction of sp³-hybridized carbons (Fsp3) is 0.125. The van der Waals surface area contributed by atoms with E-state index in [0.29, 0.717) is 23.2 Å². The van der Waals surface area contributed by atoms with Gasteiger partial charge in [-0.3, -0.25) is 4.57 Å². The molecule has 0 fully saturated rings. The molecule has 138 valence electrons. The van der Waals surface area contributed by atoms with Crippen LogP contribution >= 0.6 is 11.6 Å². The number of fused-ring (bicyclic) bond motifs is 1. The van der Waals surface area contributed by atoms with Gasteiger partial charge in [0.2, 0.25) is 0 Å². The molecular formula is C16H10ClF3N6O. The van der Waals surface area contributed by atoms with Gasteiger partial charge < -0.3 is 4.57 Å². The largest absolute Gasteiger partial charge is 0.504 e. The second-order valence-electron chi connectivity index (χ2n) is 5.67.